The lowest BCUT2D eigenvalue weighted by Crippen LogP contribution is -2.20. The first-order chi connectivity index (χ1) is 12.0. The van der Waals surface area contributed by atoms with Gasteiger partial charge in [0.25, 0.3) is 5.91 Å². The van der Waals surface area contributed by atoms with Crippen molar-refractivity contribution in [1.82, 2.24) is 5.32 Å². The van der Waals surface area contributed by atoms with Crippen molar-refractivity contribution in [3.63, 3.8) is 0 Å². The first kappa shape index (κ1) is 19.0. The summed E-state index contributed by atoms with van der Waals surface area (Å²) < 4.78 is 6.34. The second-order valence-corrected chi connectivity index (χ2v) is 6.50. The average Bonchev–Trinajstić information content (AvgIpc) is 2.60. The number of hydrogen-bond donors (Lipinski definition) is 2. The van der Waals surface area contributed by atoms with Crippen LogP contribution in [0.5, 0.6) is 5.75 Å². The average molecular weight is 405 g/mol. The van der Waals surface area contributed by atoms with Crippen LogP contribution in [0.2, 0.25) is 0 Å². The van der Waals surface area contributed by atoms with Crippen LogP contribution >= 0.6 is 15.9 Å². The maximum atomic E-state index is 12.0. The molecule has 2 rings (SSSR count). The van der Waals surface area contributed by atoms with Gasteiger partial charge in [-0.1, -0.05) is 18.2 Å². The Balaban J connectivity index is 1.82. The number of halogens is 1. The van der Waals surface area contributed by atoms with E-state index >= 15 is 0 Å². The van der Waals surface area contributed by atoms with Crippen LogP contribution < -0.4 is 15.4 Å². The van der Waals surface area contributed by atoms with Gasteiger partial charge in [-0.15, -0.1) is 0 Å². The zero-order valence-corrected chi connectivity index (χ0v) is 15.9. The molecule has 2 aromatic carbocycles. The quantitative estimate of drug-likeness (QED) is 0.742. The number of ether oxygens (including phenoxy) is 1. The molecule has 2 N–H and O–H groups in total. The smallest absolute Gasteiger partial charge is 0.262 e. The SMILES string of the molecule is CNC(=O)CCc1ccc(NC(=O)COc2ccc(C)cc2Br)cc1. The molecule has 0 atom stereocenters. The van der Waals surface area contributed by atoms with E-state index in [4.69, 9.17) is 4.74 Å². The summed E-state index contributed by atoms with van der Waals surface area (Å²) in [5, 5.41) is 5.38. The normalized spacial score (nSPS) is 10.2. The van der Waals surface area contributed by atoms with Crippen molar-refractivity contribution in [2.75, 3.05) is 19.0 Å². The summed E-state index contributed by atoms with van der Waals surface area (Å²) in [6, 6.07) is 13.1. The molecule has 5 nitrogen and oxygen atoms in total. The fourth-order valence-electron chi connectivity index (χ4n) is 2.20. The van der Waals surface area contributed by atoms with Gasteiger partial charge in [-0.05, 0) is 64.7 Å². The third-order valence-electron chi connectivity index (χ3n) is 3.60. The fourth-order valence-corrected chi connectivity index (χ4v) is 2.81. The van der Waals surface area contributed by atoms with Crippen LogP contribution in [-0.4, -0.2) is 25.5 Å². The van der Waals surface area contributed by atoms with Crippen LogP contribution in [0.25, 0.3) is 0 Å². The minimum atomic E-state index is -0.231. The molecule has 0 spiro atoms. The van der Waals surface area contributed by atoms with Crippen LogP contribution in [0.3, 0.4) is 0 Å². The lowest BCUT2D eigenvalue weighted by atomic mass is 10.1. The number of nitrogens with one attached hydrogen (secondary N) is 2. The molecule has 0 saturated carbocycles. The van der Waals surface area contributed by atoms with Crippen LogP contribution in [0.4, 0.5) is 5.69 Å². The predicted octanol–water partition coefficient (Wildman–Crippen LogP) is 3.45. The molecule has 0 bridgehead atoms. The van der Waals surface area contributed by atoms with Gasteiger partial charge in [-0.2, -0.15) is 0 Å². The molecule has 0 aromatic heterocycles. The highest BCUT2D eigenvalue weighted by atomic mass is 79.9. The van der Waals surface area contributed by atoms with Gasteiger partial charge in [0.2, 0.25) is 5.91 Å². The molecule has 2 amide bonds. The Labute approximate surface area is 155 Å². The zero-order chi connectivity index (χ0) is 18.2. The predicted molar refractivity (Wildman–Crippen MR) is 102 cm³/mol. The Morgan fingerprint density at radius 2 is 1.80 bits per heavy atom. The van der Waals surface area contributed by atoms with E-state index in [9.17, 15) is 9.59 Å². The lowest BCUT2D eigenvalue weighted by molar-refractivity contribution is -0.120. The standard InChI is InChI=1S/C19H21BrN2O3/c1-13-3-9-17(16(20)11-13)25-12-19(24)22-15-7-4-14(5-8-15)6-10-18(23)21-2/h3-5,7-9,11H,6,10,12H2,1-2H3,(H,21,23)(H,22,24). The van der Waals surface area contributed by atoms with Crippen LogP contribution in [-0.2, 0) is 16.0 Å². The second kappa shape index (κ2) is 9.22. The van der Waals surface area contributed by atoms with Crippen molar-refractivity contribution in [1.29, 1.82) is 0 Å². The number of hydrogen-bond acceptors (Lipinski definition) is 3. The Kier molecular flexibility index (Phi) is 7.01. The van der Waals surface area contributed by atoms with Crippen LogP contribution in [0.15, 0.2) is 46.9 Å². The molecule has 25 heavy (non-hydrogen) atoms. The van der Waals surface area contributed by atoms with E-state index in [0.717, 1.165) is 15.6 Å². The maximum absolute atomic E-state index is 12.0. The lowest BCUT2D eigenvalue weighted by Gasteiger charge is -2.10. The van der Waals surface area contributed by atoms with Gasteiger partial charge in [-0.25, -0.2) is 0 Å². The Morgan fingerprint density at radius 1 is 1.08 bits per heavy atom. The first-order valence-corrected chi connectivity index (χ1v) is 8.75. The zero-order valence-electron chi connectivity index (χ0n) is 14.3. The van der Waals surface area contributed by atoms with Gasteiger partial charge < -0.3 is 15.4 Å². The van der Waals surface area contributed by atoms with E-state index in [1.54, 1.807) is 7.05 Å². The van der Waals surface area contributed by atoms with E-state index < -0.39 is 0 Å². The van der Waals surface area contributed by atoms with Gasteiger partial charge in [-0.3, -0.25) is 9.59 Å². The number of aryl methyl sites for hydroxylation is 2. The third-order valence-corrected chi connectivity index (χ3v) is 4.22. The Hall–Kier alpha value is -2.34. The molecule has 0 saturated heterocycles. The Morgan fingerprint density at radius 3 is 2.44 bits per heavy atom. The van der Waals surface area contributed by atoms with E-state index in [2.05, 4.69) is 26.6 Å². The molecule has 6 heteroatoms. The van der Waals surface area contributed by atoms with Crippen molar-refractivity contribution < 1.29 is 14.3 Å². The summed E-state index contributed by atoms with van der Waals surface area (Å²) in [6.45, 7) is 1.92. The van der Waals surface area contributed by atoms with E-state index in [-0.39, 0.29) is 18.4 Å². The molecule has 0 aliphatic carbocycles. The summed E-state index contributed by atoms with van der Waals surface area (Å²) in [5.41, 5.74) is 2.85. The number of amides is 2. The van der Waals surface area contributed by atoms with Crippen molar-refractivity contribution in [3.8, 4) is 5.75 Å². The summed E-state index contributed by atoms with van der Waals surface area (Å²) >= 11 is 3.42. The molecule has 0 aliphatic rings. The van der Waals surface area contributed by atoms with Gasteiger partial charge in [0.15, 0.2) is 6.61 Å². The fraction of sp³-hybridized carbons (Fsp3) is 0.263. The van der Waals surface area contributed by atoms with Crippen LogP contribution in [0, 0.1) is 6.92 Å². The summed E-state index contributed by atoms with van der Waals surface area (Å²) in [7, 11) is 1.62. The number of benzene rings is 2. The summed E-state index contributed by atoms with van der Waals surface area (Å²) in [6.07, 6.45) is 1.11. The van der Waals surface area contributed by atoms with E-state index in [0.29, 0.717) is 24.3 Å². The molecule has 0 heterocycles. The molecule has 0 unspecified atom stereocenters. The minimum absolute atomic E-state index is 0.0109. The van der Waals surface area contributed by atoms with Crippen LogP contribution in [0.1, 0.15) is 17.5 Å². The van der Waals surface area contributed by atoms with Crippen molar-refractivity contribution in [2.24, 2.45) is 0 Å². The van der Waals surface area contributed by atoms with Crippen molar-refractivity contribution in [2.45, 2.75) is 19.8 Å². The highest BCUT2D eigenvalue weighted by Crippen LogP contribution is 2.25. The molecular weight excluding hydrogens is 384 g/mol. The van der Waals surface area contributed by atoms with Crippen molar-refractivity contribution in [3.05, 3.63) is 58.1 Å². The van der Waals surface area contributed by atoms with E-state index in [1.807, 2.05) is 49.4 Å². The van der Waals surface area contributed by atoms with Gasteiger partial charge >= 0.3 is 0 Å². The first-order valence-electron chi connectivity index (χ1n) is 7.96. The molecule has 0 fully saturated rings. The highest BCUT2D eigenvalue weighted by Gasteiger charge is 2.07. The van der Waals surface area contributed by atoms with Gasteiger partial charge in [0.05, 0.1) is 4.47 Å². The molecule has 2 aromatic rings. The van der Waals surface area contributed by atoms with Crippen molar-refractivity contribution >= 4 is 33.4 Å². The second-order valence-electron chi connectivity index (χ2n) is 5.64. The number of carbonyl (C=O) groups is 2. The highest BCUT2D eigenvalue weighted by molar-refractivity contribution is 9.10. The molecule has 0 radical (unpaired) electrons. The maximum Gasteiger partial charge on any atom is 0.262 e. The largest absolute Gasteiger partial charge is 0.483 e. The van der Waals surface area contributed by atoms with E-state index in [1.165, 1.54) is 0 Å². The van der Waals surface area contributed by atoms with Gasteiger partial charge in [0, 0.05) is 19.2 Å². The molecule has 132 valence electrons. The van der Waals surface area contributed by atoms with Gasteiger partial charge in [0.1, 0.15) is 5.75 Å². The number of carbonyl (C=O) groups excluding carboxylic acids is 2. The Bertz CT molecular complexity index is 745. The molecule has 0 aliphatic heterocycles. The third kappa shape index (κ3) is 6.23. The number of anilines is 1. The molecular formula is C19H21BrN2O3. The minimum Gasteiger partial charge on any atom is -0.483 e. The topological polar surface area (TPSA) is 67.4 Å². The summed E-state index contributed by atoms with van der Waals surface area (Å²) in [4.78, 5) is 23.2. The number of rotatable bonds is 7. The summed E-state index contributed by atoms with van der Waals surface area (Å²) in [5.74, 6) is 0.410. The monoisotopic (exact) mass is 404 g/mol.